The van der Waals surface area contributed by atoms with E-state index >= 15 is 0 Å². The van der Waals surface area contributed by atoms with Gasteiger partial charge in [-0.1, -0.05) is 17.3 Å². The number of aromatic nitrogens is 3. The summed E-state index contributed by atoms with van der Waals surface area (Å²) in [5.41, 5.74) is 1.91. The van der Waals surface area contributed by atoms with Crippen LogP contribution in [-0.4, -0.2) is 47.1 Å². The predicted molar refractivity (Wildman–Crippen MR) is 62.0 cm³/mol. The molecule has 0 atom stereocenters. The van der Waals surface area contributed by atoms with Crippen LogP contribution in [0.15, 0.2) is 24.3 Å². The van der Waals surface area contributed by atoms with Gasteiger partial charge in [-0.2, -0.15) is 0 Å². The van der Waals surface area contributed by atoms with E-state index in [4.69, 9.17) is 4.74 Å². The van der Waals surface area contributed by atoms with E-state index in [1.165, 1.54) is 0 Å². The minimum atomic E-state index is 0.453. The average Bonchev–Trinajstić information content (AvgIpc) is 2.68. The zero-order chi connectivity index (χ0) is 11.4. The standard InChI is InChI=1S/C11H16N4O/c1-14(2)7-8-16-9-15-11-6-4-3-5-10(11)12-13-15/h3-6H,7-9H2,1-2H3. The van der Waals surface area contributed by atoms with Gasteiger partial charge in [-0.05, 0) is 26.2 Å². The largest absolute Gasteiger partial charge is 0.358 e. The molecule has 0 radical (unpaired) electrons. The lowest BCUT2D eigenvalue weighted by Crippen LogP contribution is -2.19. The Morgan fingerprint density at radius 3 is 2.94 bits per heavy atom. The molecule has 1 heterocycles. The second-order valence-corrected chi connectivity index (χ2v) is 3.92. The van der Waals surface area contributed by atoms with Gasteiger partial charge >= 0.3 is 0 Å². The summed E-state index contributed by atoms with van der Waals surface area (Å²) in [6, 6.07) is 7.86. The lowest BCUT2D eigenvalue weighted by molar-refractivity contribution is 0.0602. The first-order chi connectivity index (χ1) is 7.77. The van der Waals surface area contributed by atoms with E-state index in [-0.39, 0.29) is 0 Å². The molecular formula is C11H16N4O. The maximum absolute atomic E-state index is 5.52. The Morgan fingerprint density at radius 2 is 2.12 bits per heavy atom. The number of hydrogen-bond acceptors (Lipinski definition) is 4. The fourth-order valence-corrected chi connectivity index (χ4v) is 1.41. The zero-order valence-corrected chi connectivity index (χ0v) is 9.63. The Morgan fingerprint density at radius 1 is 1.31 bits per heavy atom. The normalized spacial score (nSPS) is 11.4. The minimum Gasteiger partial charge on any atom is -0.358 e. The number of likely N-dealkylation sites (N-methyl/N-ethyl adjacent to an activating group) is 1. The van der Waals surface area contributed by atoms with Crippen molar-refractivity contribution < 1.29 is 4.74 Å². The van der Waals surface area contributed by atoms with Crippen molar-refractivity contribution in [2.24, 2.45) is 0 Å². The highest BCUT2D eigenvalue weighted by Gasteiger charge is 2.02. The van der Waals surface area contributed by atoms with Crippen molar-refractivity contribution in [1.29, 1.82) is 0 Å². The first-order valence-electron chi connectivity index (χ1n) is 5.28. The van der Waals surface area contributed by atoms with Crippen LogP contribution >= 0.6 is 0 Å². The minimum absolute atomic E-state index is 0.453. The van der Waals surface area contributed by atoms with Crippen LogP contribution in [0.2, 0.25) is 0 Å². The van der Waals surface area contributed by atoms with E-state index in [1.807, 2.05) is 38.4 Å². The van der Waals surface area contributed by atoms with Gasteiger partial charge in [0, 0.05) is 6.54 Å². The molecule has 2 aromatic rings. The van der Waals surface area contributed by atoms with E-state index in [9.17, 15) is 0 Å². The van der Waals surface area contributed by atoms with Crippen LogP contribution < -0.4 is 0 Å². The molecule has 0 fully saturated rings. The highest BCUT2D eigenvalue weighted by Crippen LogP contribution is 2.09. The number of nitrogens with zero attached hydrogens (tertiary/aromatic N) is 4. The van der Waals surface area contributed by atoms with Crippen molar-refractivity contribution in [2.75, 3.05) is 27.2 Å². The Balaban J connectivity index is 1.94. The maximum Gasteiger partial charge on any atom is 0.141 e. The fourth-order valence-electron chi connectivity index (χ4n) is 1.41. The van der Waals surface area contributed by atoms with Crippen LogP contribution in [0.1, 0.15) is 0 Å². The fraction of sp³-hybridized carbons (Fsp3) is 0.455. The number of benzene rings is 1. The summed E-state index contributed by atoms with van der Waals surface area (Å²) in [5, 5.41) is 8.10. The maximum atomic E-state index is 5.52. The lowest BCUT2D eigenvalue weighted by Gasteiger charge is -2.09. The summed E-state index contributed by atoms with van der Waals surface area (Å²) in [7, 11) is 4.04. The van der Waals surface area contributed by atoms with Crippen LogP contribution in [-0.2, 0) is 11.5 Å². The molecule has 5 nitrogen and oxygen atoms in total. The van der Waals surface area contributed by atoms with Crippen molar-refractivity contribution in [3.63, 3.8) is 0 Å². The van der Waals surface area contributed by atoms with Crippen molar-refractivity contribution >= 4 is 11.0 Å². The number of fused-ring (bicyclic) bond motifs is 1. The summed E-state index contributed by atoms with van der Waals surface area (Å²) in [5.74, 6) is 0. The SMILES string of the molecule is CN(C)CCOCn1nnc2ccccc21. The molecule has 0 saturated carbocycles. The molecule has 16 heavy (non-hydrogen) atoms. The molecule has 0 unspecified atom stereocenters. The molecule has 0 aliphatic carbocycles. The van der Waals surface area contributed by atoms with E-state index < -0.39 is 0 Å². The molecule has 1 aromatic heterocycles. The quantitative estimate of drug-likeness (QED) is 0.704. The number of hydrogen-bond donors (Lipinski definition) is 0. The van der Waals surface area contributed by atoms with Gasteiger partial charge in [-0.25, -0.2) is 4.68 Å². The summed E-state index contributed by atoms with van der Waals surface area (Å²) in [6.07, 6.45) is 0. The monoisotopic (exact) mass is 220 g/mol. The first-order valence-corrected chi connectivity index (χ1v) is 5.28. The summed E-state index contributed by atoms with van der Waals surface area (Å²) in [4.78, 5) is 2.08. The van der Waals surface area contributed by atoms with Gasteiger partial charge in [0.1, 0.15) is 12.2 Å². The summed E-state index contributed by atoms with van der Waals surface area (Å²) < 4.78 is 7.28. The third kappa shape index (κ3) is 2.56. The van der Waals surface area contributed by atoms with Gasteiger partial charge in [-0.15, -0.1) is 5.10 Å². The molecule has 1 aromatic carbocycles. The van der Waals surface area contributed by atoms with E-state index in [0.717, 1.165) is 17.6 Å². The molecule has 0 N–H and O–H groups in total. The smallest absolute Gasteiger partial charge is 0.141 e. The van der Waals surface area contributed by atoms with Crippen LogP contribution in [0.3, 0.4) is 0 Å². The van der Waals surface area contributed by atoms with Crippen LogP contribution in [0.25, 0.3) is 11.0 Å². The van der Waals surface area contributed by atoms with Gasteiger partial charge in [0.05, 0.1) is 12.1 Å². The number of para-hydroxylation sites is 1. The molecule has 0 bridgehead atoms. The molecule has 5 heteroatoms. The van der Waals surface area contributed by atoms with Crippen molar-refractivity contribution in [3.8, 4) is 0 Å². The summed E-state index contributed by atoms with van der Waals surface area (Å²) >= 11 is 0. The van der Waals surface area contributed by atoms with Gasteiger partial charge < -0.3 is 9.64 Å². The van der Waals surface area contributed by atoms with Gasteiger partial charge in [-0.3, -0.25) is 0 Å². The Kier molecular flexibility index (Phi) is 3.48. The second kappa shape index (κ2) is 5.05. The molecular weight excluding hydrogens is 204 g/mol. The highest BCUT2D eigenvalue weighted by atomic mass is 16.5. The number of rotatable bonds is 5. The third-order valence-electron chi connectivity index (χ3n) is 2.32. The Bertz CT molecular complexity index is 452. The van der Waals surface area contributed by atoms with Crippen molar-refractivity contribution in [1.82, 2.24) is 19.9 Å². The van der Waals surface area contributed by atoms with Crippen LogP contribution in [0.5, 0.6) is 0 Å². The van der Waals surface area contributed by atoms with Gasteiger partial charge in [0.2, 0.25) is 0 Å². The average molecular weight is 220 g/mol. The topological polar surface area (TPSA) is 43.2 Å². The molecule has 0 amide bonds. The van der Waals surface area contributed by atoms with Crippen LogP contribution in [0, 0.1) is 0 Å². The lowest BCUT2D eigenvalue weighted by atomic mass is 10.3. The number of ether oxygens (including phenoxy) is 1. The molecule has 0 spiro atoms. The first kappa shape index (κ1) is 11.0. The molecule has 0 saturated heterocycles. The Labute approximate surface area is 94.6 Å². The predicted octanol–water partition coefficient (Wildman–Crippen LogP) is 0.967. The molecule has 0 aliphatic rings. The van der Waals surface area contributed by atoms with Crippen LogP contribution in [0.4, 0.5) is 0 Å². The van der Waals surface area contributed by atoms with Gasteiger partial charge in [0.15, 0.2) is 0 Å². The van der Waals surface area contributed by atoms with E-state index in [0.29, 0.717) is 13.3 Å². The molecule has 86 valence electrons. The Hall–Kier alpha value is -1.46. The van der Waals surface area contributed by atoms with E-state index in [1.54, 1.807) is 4.68 Å². The van der Waals surface area contributed by atoms with Crippen molar-refractivity contribution in [2.45, 2.75) is 6.73 Å². The second-order valence-electron chi connectivity index (χ2n) is 3.92. The highest BCUT2D eigenvalue weighted by molar-refractivity contribution is 5.73. The van der Waals surface area contributed by atoms with E-state index in [2.05, 4.69) is 15.2 Å². The molecule has 0 aliphatic heterocycles. The summed E-state index contributed by atoms with van der Waals surface area (Å²) in [6.45, 7) is 2.06. The van der Waals surface area contributed by atoms with Gasteiger partial charge in [0.25, 0.3) is 0 Å². The third-order valence-corrected chi connectivity index (χ3v) is 2.32. The zero-order valence-electron chi connectivity index (χ0n) is 9.63. The molecule has 2 rings (SSSR count). The van der Waals surface area contributed by atoms with Crippen molar-refractivity contribution in [3.05, 3.63) is 24.3 Å².